The molecule has 11 heteroatoms. The Morgan fingerprint density at radius 2 is 1.97 bits per heavy atom. The van der Waals surface area contributed by atoms with Gasteiger partial charge in [-0.05, 0) is 38.5 Å². The van der Waals surface area contributed by atoms with E-state index in [2.05, 4.69) is 25.5 Å². The van der Waals surface area contributed by atoms with Gasteiger partial charge in [0.2, 0.25) is 0 Å². The highest BCUT2D eigenvalue weighted by molar-refractivity contribution is 14.0. The standard InChI is InChI=1S/C18H23Cl2F2N5O.HI/c1-11-7-12(2)27(26-11)6-4-5-24-18(23-3)25-10-13-8-14(19)9-15(20)16(13)28-17(21)22;/h7-9,17H,4-6,10H2,1-3H3,(H2,23,24,25);1H. The third-order valence-corrected chi connectivity index (χ3v) is 4.40. The van der Waals surface area contributed by atoms with Gasteiger partial charge in [-0.3, -0.25) is 9.67 Å². The second-order valence-corrected chi connectivity index (χ2v) is 6.95. The first-order valence-corrected chi connectivity index (χ1v) is 9.44. The number of aromatic nitrogens is 2. The molecule has 2 aromatic rings. The molecule has 1 aromatic carbocycles. The van der Waals surface area contributed by atoms with E-state index >= 15 is 0 Å². The number of aryl methyl sites for hydroxylation is 3. The average molecular weight is 562 g/mol. The highest BCUT2D eigenvalue weighted by Crippen LogP contribution is 2.33. The summed E-state index contributed by atoms with van der Waals surface area (Å²) in [5.74, 6) is 0.418. The minimum Gasteiger partial charge on any atom is -0.433 e. The van der Waals surface area contributed by atoms with Crippen molar-refractivity contribution in [3.8, 4) is 5.75 Å². The first kappa shape index (κ1) is 25.7. The van der Waals surface area contributed by atoms with E-state index in [1.165, 1.54) is 12.1 Å². The lowest BCUT2D eigenvalue weighted by atomic mass is 10.2. The number of ether oxygens (including phenoxy) is 1. The lowest BCUT2D eigenvalue weighted by Gasteiger charge is -2.16. The minimum atomic E-state index is -2.98. The van der Waals surface area contributed by atoms with Crippen molar-refractivity contribution in [1.82, 2.24) is 20.4 Å². The number of alkyl halides is 2. The summed E-state index contributed by atoms with van der Waals surface area (Å²) < 4.78 is 31.8. The van der Waals surface area contributed by atoms with E-state index in [0.29, 0.717) is 23.1 Å². The third-order valence-electron chi connectivity index (χ3n) is 3.90. The molecule has 0 aliphatic rings. The van der Waals surface area contributed by atoms with Gasteiger partial charge in [0.15, 0.2) is 5.96 Å². The van der Waals surface area contributed by atoms with Crippen LogP contribution in [0.4, 0.5) is 8.78 Å². The van der Waals surface area contributed by atoms with E-state index in [4.69, 9.17) is 23.2 Å². The molecule has 2 rings (SSSR count). The van der Waals surface area contributed by atoms with Crippen molar-refractivity contribution in [2.45, 2.75) is 40.0 Å². The maximum atomic E-state index is 12.6. The number of aliphatic imine (C=N–C) groups is 1. The van der Waals surface area contributed by atoms with Gasteiger partial charge < -0.3 is 15.4 Å². The van der Waals surface area contributed by atoms with Crippen LogP contribution < -0.4 is 15.4 Å². The third kappa shape index (κ3) is 8.13. The molecular weight excluding hydrogens is 538 g/mol. The molecule has 0 saturated carbocycles. The van der Waals surface area contributed by atoms with Gasteiger partial charge in [-0.1, -0.05) is 23.2 Å². The van der Waals surface area contributed by atoms with Crippen molar-refractivity contribution in [2.75, 3.05) is 13.6 Å². The molecule has 162 valence electrons. The van der Waals surface area contributed by atoms with Gasteiger partial charge in [-0.25, -0.2) is 0 Å². The maximum absolute atomic E-state index is 12.6. The Kier molecular flexibility index (Phi) is 11.0. The van der Waals surface area contributed by atoms with E-state index in [9.17, 15) is 8.78 Å². The Balaban J connectivity index is 0.00000420. The molecule has 0 spiro atoms. The normalized spacial score (nSPS) is 11.4. The zero-order valence-corrected chi connectivity index (χ0v) is 20.2. The van der Waals surface area contributed by atoms with Crippen LogP contribution in [0.25, 0.3) is 0 Å². The summed E-state index contributed by atoms with van der Waals surface area (Å²) in [7, 11) is 1.62. The van der Waals surface area contributed by atoms with Gasteiger partial charge in [0.1, 0.15) is 5.75 Å². The molecule has 1 heterocycles. The highest BCUT2D eigenvalue weighted by Gasteiger charge is 2.15. The molecule has 1 aromatic heterocycles. The molecule has 0 atom stereocenters. The molecule has 0 bridgehead atoms. The van der Waals surface area contributed by atoms with Gasteiger partial charge in [-0.15, -0.1) is 24.0 Å². The first-order valence-electron chi connectivity index (χ1n) is 8.68. The number of benzene rings is 1. The summed E-state index contributed by atoms with van der Waals surface area (Å²) in [6.45, 7) is 2.60. The summed E-state index contributed by atoms with van der Waals surface area (Å²) >= 11 is 12.0. The van der Waals surface area contributed by atoms with E-state index in [-0.39, 0.29) is 41.3 Å². The molecule has 0 fully saturated rings. The lowest BCUT2D eigenvalue weighted by Crippen LogP contribution is -2.37. The fourth-order valence-electron chi connectivity index (χ4n) is 2.70. The van der Waals surface area contributed by atoms with Crippen LogP contribution in [-0.4, -0.2) is 35.9 Å². The van der Waals surface area contributed by atoms with Crippen LogP contribution in [0, 0.1) is 13.8 Å². The average Bonchev–Trinajstić information content (AvgIpc) is 2.94. The largest absolute Gasteiger partial charge is 0.433 e. The Hall–Kier alpha value is -1.33. The molecule has 0 aliphatic heterocycles. The second kappa shape index (κ2) is 12.4. The predicted octanol–water partition coefficient (Wildman–Crippen LogP) is 4.78. The number of hydrogen-bond acceptors (Lipinski definition) is 3. The molecule has 0 saturated heterocycles. The van der Waals surface area contributed by atoms with E-state index in [1.54, 1.807) is 7.05 Å². The Morgan fingerprint density at radius 3 is 2.55 bits per heavy atom. The van der Waals surface area contributed by atoms with E-state index in [1.807, 2.05) is 24.6 Å². The van der Waals surface area contributed by atoms with Crippen molar-refractivity contribution < 1.29 is 13.5 Å². The van der Waals surface area contributed by atoms with E-state index in [0.717, 1.165) is 24.4 Å². The summed E-state index contributed by atoms with van der Waals surface area (Å²) in [4.78, 5) is 4.12. The summed E-state index contributed by atoms with van der Waals surface area (Å²) in [6, 6.07) is 4.91. The quantitative estimate of drug-likeness (QED) is 0.211. The molecule has 0 unspecified atom stereocenters. The number of nitrogens with one attached hydrogen (secondary N) is 2. The monoisotopic (exact) mass is 561 g/mol. The molecule has 0 radical (unpaired) electrons. The maximum Gasteiger partial charge on any atom is 0.387 e. The van der Waals surface area contributed by atoms with Crippen LogP contribution in [0.1, 0.15) is 23.4 Å². The van der Waals surface area contributed by atoms with E-state index < -0.39 is 6.61 Å². The van der Waals surface area contributed by atoms with Gasteiger partial charge in [0.25, 0.3) is 0 Å². The predicted molar refractivity (Wildman–Crippen MR) is 123 cm³/mol. The lowest BCUT2D eigenvalue weighted by molar-refractivity contribution is -0.0504. The highest BCUT2D eigenvalue weighted by atomic mass is 127. The molecule has 2 N–H and O–H groups in total. The zero-order chi connectivity index (χ0) is 20.7. The number of hydrogen-bond donors (Lipinski definition) is 2. The fraction of sp³-hybridized carbons (Fsp3) is 0.444. The summed E-state index contributed by atoms with van der Waals surface area (Å²) in [5, 5.41) is 11.0. The fourth-order valence-corrected chi connectivity index (χ4v) is 3.28. The van der Waals surface area contributed by atoms with Crippen LogP contribution in [-0.2, 0) is 13.1 Å². The molecule has 29 heavy (non-hydrogen) atoms. The van der Waals surface area contributed by atoms with Crippen LogP contribution in [0.2, 0.25) is 10.0 Å². The Labute approximate surface area is 196 Å². The van der Waals surface area contributed by atoms with Crippen LogP contribution >= 0.6 is 47.2 Å². The summed E-state index contributed by atoms with van der Waals surface area (Å²) in [5.41, 5.74) is 2.51. The van der Waals surface area contributed by atoms with Crippen molar-refractivity contribution in [3.05, 3.63) is 45.2 Å². The van der Waals surface area contributed by atoms with Crippen LogP contribution in [0.5, 0.6) is 5.75 Å². The smallest absolute Gasteiger partial charge is 0.387 e. The Bertz CT molecular complexity index is 833. The number of halogens is 5. The Morgan fingerprint density at radius 1 is 1.24 bits per heavy atom. The van der Waals surface area contributed by atoms with Crippen molar-refractivity contribution in [2.24, 2.45) is 4.99 Å². The first-order chi connectivity index (χ1) is 13.3. The van der Waals surface area contributed by atoms with Gasteiger partial charge in [-0.2, -0.15) is 13.9 Å². The van der Waals surface area contributed by atoms with Crippen molar-refractivity contribution >= 4 is 53.1 Å². The zero-order valence-electron chi connectivity index (χ0n) is 16.3. The van der Waals surface area contributed by atoms with Gasteiger partial charge in [0, 0.05) is 43.0 Å². The summed E-state index contributed by atoms with van der Waals surface area (Å²) in [6.07, 6.45) is 0.839. The second-order valence-electron chi connectivity index (χ2n) is 6.11. The molecule has 0 aliphatic carbocycles. The number of rotatable bonds is 8. The molecule has 0 amide bonds. The van der Waals surface area contributed by atoms with Crippen molar-refractivity contribution in [3.63, 3.8) is 0 Å². The number of nitrogens with zero attached hydrogens (tertiary/aromatic N) is 3. The van der Waals surface area contributed by atoms with Crippen molar-refractivity contribution in [1.29, 1.82) is 0 Å². The minimum absolute atomic E-state index is 0. The molecular formula is C18H24Cl2F2IN5O. The van der Waals surface area contributed by atoms with Crippen LogP contribution in [0.3, 0.4) is 0 Å². The topological polar surface area (TPSA) is 63.5 Å². The SMILES string of the molecule is CN=C(NCCCn1nc(C)cc1C)NCc1cc(Cl)cc(Cl)c1OC(F)F.I. The van der Waals surface area contributed by atoms with Crippen LogP contribution in [0.15, 0.2) is 23.2 Å². The van der Waals surface area contributed by atoms with Gasteiger partial charge in [0.05, 0.1) is 10.7 Å². The molecule has 6 nitrogen and oxygen atoms in total. The number of guanidine groups is 1. The van der Waals surface area contributed by atoms with Gasteiger partial charge >= 0.3 is 6.61 Å².